The number of rotatable bonds is 9. The highest BCUT2D eigenvalue weighted by Gasteiger charge is 2.55. The van der Waals surface area contributed by atoms with Crippen molar-refractivity contribution in [3.63, 3.8) is 0 Å². The number of piperazine rings is 1. The zero-order valence-corrected chi connectivity index (χ0v) is 29.7. The maximum Gasteiger partial charge on any atom is 0.264 e. The third-order valence-electron chi connectivity index (χ3n) is 11.5. The smallest absolute Gasteiger partial charge is 0.264 e. The number of methoxy groups -OCH3 is 1. The predicted octanol–water partition coefficient (Wildman–Crippen LogP) is 6.31. The molecule has 9 nitrogen and oxygen atoms in total. The second-order valence-electron chi connectivity index (χ2n) is 15.1. The highest BCUT2D eigenvalue weighted by atomic mass is 32.2. The van der Waals surface area contributed by atoms with E-state index in [1.165, 1.54) is 31.2 Å². The van der Waals surface area contributed by atoms with Gasteiger partial charge in [0.1, 0.15) is 5.75 Å². The Kier molecular flexibility index (Phi) is 8.85. The van der Waals surface area contributed by atoms with Crippen LogP contribution in [0, 0.1) is 5.41 Å². The SMILES string of the molecule is COc1ccc(-c2c(C3CCCCC3)c3ccc(C(=O)NS(=O)(=O)C(C)C)cc3n2CC2(C(=O)N3C4CCCC3CN(C)C4)CC2)cc1. The number of carbonyl (C=O) groups is 2. The number of piperidine rings is 1. The number of fused-ring (bicyclic) bond motifs is 3. The Morgan fingerprint density at radius 3 is 2.21 bits per heavy atom. The molecular weight excluding hydrogens is 625 g/mol. The summed E-state index contributed by atoms with van der Waals surface area (Å²) in [4.78, 5) is 32.8. The molecule has 10 heteroatoms. The Balaban J connectivity index is 1.37. The second-order valence-corrected chi connectivity index (χ2v) is 17.4. The Morgan fingerprint density at radius 2 is 1.60 bits per heavy atom. The molecule has 1 N–H and O–H groups in total. The standard InChI is InChI=1S/C38H50N4O5S/c1-25(2)48(45,46)39-36(43)28-15-18-32-33(21-28)41(24-38(19-20-38)37(44)42-29-11-8-12-30(42)23-40(3)22-29)35(27-13-16-31(47-4)17-14-27)34(32)26-9-6-5-7-10-26/h13-18,21,25-26,29-30H,5-12,19-20,22-24H2,1-4H3,(H,39,43). The minimum Gasteiger partial charge on any atom is -0.497 e. The fourth-order valence-electron chi connectivity index (χ4n) is 8.67. The first-order valence-corrected chi connectivity index (χ1v) is 19.4. The largest absolute Gasteiger partial charge is 0.497 e. The topological polar surface area (TPSA) is 101 Å². The van der Waals surface area contributed by atoms with E-state index in [-0.39, 0.29) is 18.0 Å². The van der Waals surface area contributed by atoms with Gasteiger partial charge in [-0.05, 0) is 119 Å². The Bertz CT molecular complexity index is 1790. The summed E-state index contributed by atoms with van der Waals surface area (Å²) in [6, 6.07) is 14.3. The van der Waals surface area contributed by atoms with Crippen LogP contribution in [-0.2, 0) is 21.4 Å². The van der Waals surface area contributed by atoms with Crippen LogP contribution in [0.1, 0.15) is 99.9 Å². The molecule has 7 rings (SSSR count). The van der Waals surface area contributed by atoms with E-state index in [0.717, 1.165) is 79.5 Å². The lowest BCUT2D eigenvalue weighted by Crippen LogP contribution is -2.63. The van der Waals surface area contributed by atoms with E-state index < -0.39 is 26.6 Å². The van der Waals surface area contributed by atoms with Crippen molar-refractivity contribution in [2.75, 3.05) is 27.2 Å². The van der Waals surface area contributed by atoms with Crippen LogP contribution in [0.25, 0.3) is 22.2 Å². The Labute approximate surface area is 285 Å². The first-order valence-electron chi connectivity index (χ1n) is 17.9. The molecule has 2 bridgehead atoms. The van der Waals surface area contributed by atoms with Gasteiger partial charge in [-0.25, -0.2) is 13.1 Å². The molecule has 3 heterocycles. The molecule has 2 aliphatic carbocycles. The van der Waals surface area contributed by atoms with E-state index in [0.29, 0.717) is 18.0 Å². The molecule has 4 fully saturated rings. The fraction of sp³-hybridized carbons (Fsp3) is 0.579. The summed E-state index contributed by atoms with van der Waals surface area (Å²) >= 11 is 0. The monoisotopic (exact) mass is 674 g/mol. The van der Waals surface area contributed by atoms with Crippen molar-refractivity contribution in [1.29, 1.82) is 0 Å². The zero-order chi connectivity index (χ0) is 33.8. The highest BCUT2D eigenvalue weighted by molar-refractivity contribution is 7.90. The van der Waals surface area contributed by atoms with Crippen LogP contribution in [-0.4, -0.2) is 79.2 Å². The van der Waals surface area contributed by atoms with Crippen LogP contribution in [0.2, 0.25) is 0 Å². The van der Waals surface area contributed by atoms with Crippen LogP contribution < -0.4 is 9.46 Å². The summed E-state index contributed by atoms with van der Waals surface area (Å²) in [5.41, 5.74) is 4.11. The number of benzene rings is 2. The number of hydrogen-bond donors (Lipinski definition) is 1. The van der Waals surface area contributed by atoms with Gasteiger partial charge < -0.3 is 19.1 Å². The molecule has 2 amide bonds. The lowest BCUT2D eigenvalue weighted by molar-refractivity contribution is -0.149. The predicted molar refractivity (Wildman–Crippen MR) is 189 cm³/mol. The molecule has 3 aromatic rings. The minimum atomic E-state index is -3.80. The summed E-state index contributed by atoms with van der Waals surface area (Å²) in [7, 11) is 0.0306. The van der Waals surface area contributed by atoms with Gasteiger partial charge in [0.05, 0.1) is 23.5 Å². The molecule has 0 radical (unpaired) electrons. The molecule has 2 aliphatic heterocycles. The third-order valence-corrected chi connectivity index (χ3v) is 13.2. The summed E-state index contributed by atoms with van der Waals surface area (Å²) < 4.78 is 35.5. The number of hydrogen-bond acceptors (Lipinski definition) is 6. The summed E-state index contributed by atoms with van der Waals surface area (Å²) in [5.74, 6) is 0.778. The number of likely N-dealkylation sites (tertiary alicyclic amines) is 1. The minimum absolute atomic E-state index is 0.256. The molecule has 48 heavy (non-hydrogen) atoms. The van der Waals surface area contributed by atoms with E-state index in [1.54, 1.807) is 27.0 Å². The molecule has 2 saturated carbocycles. The number of aromatic nitrogens is 1. The molecular formula is C38H50N4O5S. The van der Waals surface area contributed by atoms with Gasteiger partial charge in [0, 0.05) is 48.2 Å². The van der Waals surface area contributed by atoms with E-state index in [4.69, 9.17) is 4.74 Å². The number of nitrogens with zero attached hydrogens (tertiary/aromatic N) is 3. The van der Waals surface area contributed by atoms with Crippen molar-refractivity contribution in [3.8, 4) is 17.0 Å². The highest BCUT2D eigenvalue weighted by Crippen LogP contribution is 2.53. The van der Waals surface area contributed by atoms with Gasteiger partial charge in [0.15, 0.2) is 0 Å². The van der Waals surface area contributed by atoms with Gasteiger partial charge in [-0.2, -0.15) is 0 Å². The third kappa shape index (κ3) is 6.04. The second kappa shape index (κ2) is 12.8. The van der Waals surface area contributed by atoms with E-state index in [9.17, 15) is 18.0 Å². The summed E-state index contributed by atoms with van der Waals surface area (Å²) in [6.45, 7) is 5.48. The van der Waals surface area contributed by atoms with E-state index >= 15 is 0 Å². The van der Waals surface area contributed by atoms with Gasteiger partial charge in [0.25, 0.3) is 5.91 Å². The first kappa shape index (κ1) is 33.1. The van der Waals surface area contributed by atoms with Crippen molar-refractivity contribution in [1.82, 2.24) is 19.1 Å². The summed E-state index contributed by atoms with van der Waals surface area (Å²) in [5, 5.41) is 0.346. The van der Waals surface area contributed by atoms with Crippen molar-refractivity contribution in [2.24, 2.45) is 5.41 Å². The molecule has 258 valence electrons. The summed E-state index contributed by atoms with van der Waals surface area (Å²) in [6.07, 6.45) is 10.7. The molecule has 2 unspecified atom stereocenters. The molecule has 2 atom stereocenters. The average molecular weight is 675 g/mol. The maximum absolute atomic E-state index is 14.7. The van der Waals surface area contributed by atoms with Gasteiger partial charge in [0.2, 0.25) is 15.9 Å². The number of sulfonamides is 1. The van der Waals surface area contributed by atoms with Crippen LogP contribution in [0.4, 0.5) is 0 Å². The normalized spacial score (nSPS) is 23.0. The number of ether oxygens (including phenoxy) is 1. The van der Waals surface area contributed by atoms with Crippen molar-refractivity contribution in [2.45, 2.75) is 108 Å². The number of carbonyl (C=O) groups excluding carboxylic acids is 2. The number of likely N-dealkylation sites (N-methyl/N-ethyl adjacent to an activating group) is 1. The van der Waals surface area contributed by atoms with Gasteiger partial charge >= 0.3 is 0 Å². The van der Waals surface area contributed by atoms with Crippen LogP contribution in [0.15, 0.2) is 42.5 Å². The van der Waals surface area contributed by atoms with E-state index in [2.05, 4.69) is 38.3 Å². The van der Waals surface area contributed by atoms with Gasteiger partial charge in [-0.1, -0.05) is 25.3 Å². The lowest BCUT2D eigenvalue weighted by atomic mass is 9.81. The van der Waals surface area contributed by atoms with Crippen LogP contribution >= 0.6 is 0 Å². The fourth-order valence-corrected chi connectivity index (χ4v) is 9.28. The van der Waals surface area contributed by atoms with Crippen LogP contribution in [0.3, 0.4) is 0 Å². The number of amides is 2. The molecule has 2 aromatic carbocycles. The molecule has 2 saturated heterocycles. The maximum atomic E-state index is 14.7. The van der Waals surface area contributed by atoms with E-state index in [1.807, 2.05) is 24.3 Å². The zero-order valence-electron chi connectivity index (χ0n) is 28.8. The van der Waals surface area contributed by atoms with Gasteiger partial charge in [-0.3, -0.25) is 9.59 Å². The Morgan fingerprint density at radius 1 is 0.938 bits per heavy atom. The van der Waals surface area contributed by atoms with Crippen molar-refractivity contribution in [3.05, 3.63) is 53.6 Å². The molecule has 4 aliphatic rings. The van der Waals surface area contributed by atoms with Crippen molar-refractivity contribution >= 4 is 32.7 Å². The first-order chi connectivity index (χ1) is 23.0. The average Bonchev–Trinajstić information content (AvgIpc) is 3.79. The lowest BCUT2D eigenvalue weighted by Gasteiger charge is -2.50. The molecule has 1 aromatic heterocycles. The van der Waals surface area contributed by atoms with Crippen molar-refractivity contribution < 1.29 is 22.7 Å². The quantitative estimate of drug-likeness (QED) is 0.286. The molecule has 0 spiro atoms. The van der Waals surface area contributed by atoms with Crippen LogP contribution in [0.5, 0.6) is 5.75 Å². The number of nitrogens with one attached hydrogen (secondary N) is 1. The Hall–Kier alpha value is -3.37. The van der Waals surface area contributed by atoms with Gasteiger partial charge in [-0.15, -0.1) is 0 Å².